The van der Waals surface area contributed by atoms with Crippen molar-refractivity contribution in [3.05, 3.63) is 45.4 Å². The Morgan fingerprint density at radius 3 is 2.47 bits per heavy atom. The number of aromatic nitrogens is 1. The van der Waals surface area contributed by atoms with Gasteiger partial charge >= 0.3 is 0 Å². The summed E-state index contributed by atoms with van der Waals surface area (Å²) in [5.74, 6) is -1.51. The average Bonchev–Trinajstić information content (AvgIpc) is 2.73. The number of hydrogen-bond donors (Lipinski definition) is 0. The molecule has 0 spiro atoms. The van der Waals surface area contributed by atoms with Gasteiger partial charge < -0.3 is 4.90 Å². The van der Waals surface area contributed by atoms with Gasteiger partial charge in [0.1, 0.15) is 23.6 Å². The zero-order chi connectivity index (χ0) is 14.0. The van der Waals surface area contributed by atoms with Crippen molar-refractivity contribution in [2.75, 3.05) is 11.9 Å². The van der Waals surface area contributed by atoms with Crippen molar-refractivity contribution in [2.24, 2.45) is 0 Å². The van der Waals surface area contributed by atoms with E-state index in [1.54, 1.807) is 7.05 Å². The van der Waals surface area contributed by atoms with Gasteiger partial charge in [0.05, 0.1) is 17.2 Å². The van der Waals surface area contributed by atoms with Crippen LogP contribution < -0.4 is 4.90 Å². The molecule has 0 bridgehead atoms. The number of hydrogen-bond acceptors (Lipinski definition) is 4. The Kier molecular flexibility index (Phi) is 3.90. The second-order valence-corrected chi connectivity index (χ2v) is 5.23. The van der Waals surface area contributed by atoms with Gasteiger partial charge in [0.2, 0.25) is 0 Å². The fourth-order valence-electron chi connectivity index (χ4n) is 1.82. The van der Waals surface area contributed by atoms with Crippen molar-refractivity contribution < 1.29 is 13.6 Å². The van der Waals surface area contributed by atoms with Crippen LogP contribution in [0.5, 0.6) is 0 Å². The van der Waals surface area contributed by atoms with Crippen LogP contribution in [0.2, 0.25) is 0 Å². The molecule has 0 aliphatic heterocycles. The molecule has 0 saturated heterocycles. The number of halogens is 2. The number of carbonyl (C=O) groups excluding carboxylic acids is 1. The van der Waals surface area contributed by atoms with Crippen LogP contribution in [-0.4, -0.2) is 18.3 Å². The Morgan fingerprint density at radius 2 is 2.00 bits per heavy atom. The van der Waals surface area contributed by atoms with Crippen molar-refractivity contribution in [1.29, 1.82) is 0 Å². The van der Waals surface area contributed by atoms with Crippen molar-refractivity contribution in [1.82, 2.24) is 4.98 Å². The molecular formula is C13H12F2N2OS. The van der Waals surface area contributed by atoms with Gasteiger partial charge in [0, 0.05) is 18.0 Å². The van der Waals surface area contributed by atoms with Gasteiger partial charge in [-0.3, -0.25) is 4.79 Å². The first-order valence-corrected chi connectivity index (χ1v) is 6.45. The number of anilines is 1. The molecule has 1 heterocycles. The first-order valence-electron chi connectivity index (χ1n) is 5.57. The molecule has 0 aliphatic rings. The molecule has 0 fully saturated rings. The van der Waals surface area contributed by atoms with Gasteiger partial charge in [0.15, 0.2) is 0 Å². The summed E-state index contributed by atoms with van der Waals surface area (Å²) in [4.78, 5) is 16.2. The standard InChI is InChI=1S/C13H12F2N2OS/c1-8-16-10(7-19-8)5-17(2)13-11(14)3-9(6-18)4-12(13)15/h3-4,6-7H,5H2,1-2H3. The molecule has 0 saturated carbocycles. The number of nitrogens with zero attached hydrogens (tertiary/aromatic N) is 2. The average molecular weight is 282 g/mol. The van der Waals surface area contributed by atoms with Crippen LogP contribution in [0.1, 0.15) is 21.1 Å². The molecule has 19 heavy (non-hydrogen) atoms. The van der Waals surface area contributed by atoms with Gasteiger partial charge in [-0.2, -0.15) is 0 Å². The molecule has 2 aromatic rings. The summed E-state index contributed by atoms with van der Waals surface area (Å²) in [6, 6.07) is 2.04. The van der Waals surface area contributed by atoms with Crippen LogP contribution in [0, 0.1) is 18.6 Å². The quantitative estimate of drug-likeness (QED) is 0.808. The number of aldehydes is 1. The molecule has 2 rings (SSSR count). The van der Waals surface area contributed by atoms with Gasteiger partial charge in [-0.05, 0) is 19.1 Å². The molecule has 100 valence electrons. The van der Waals surface area contributed by atoms with E-state index < -0.39 is 11.6 Å². The highest BCUT2D eigenvalue weighted by Crippen LogP contribution is 2.25. The predicted molar refractivity (Wildman–Crippen MR) is 70.7 cm³/mol. The summed E-state index contributed by atoms with van der Waals surface area (Å²) in [6.45, 7) is 2.17. The lowest BCUT2D eigenvalue weighted by Crippen LogP contribution is -2.19. The summed E-state index contributed by atoms with van der Waals surface area (Å²) in [5, 5.41) is 2.75. The van der Waals surface area contributed by atoms with E-state index >= 15 is 0 Å². The maximum absolute atomic E-state index is 13.8. The van der Waals surface area contributed by atoms with E-state index in [1.165, 1.54) is 16.2 Å². The Balaban J connectivity index is 2.28. The number of rotatable bonds is 4. The minimum absolute atomic E-state index is 0.0170. The summed E-state index contributed by atoms with van der Waals surface area (Å²) >= 11 is 1.48. The van der Waals surface area contributed by atoms with Crippen LogP contribution in [-0.2, 0) is 6.54 Å². The maximum Gasteiger partial charge on any atom is 0.150 e. The fraction of sp³-hybridized carbons (Fsp3) is 0.231. The Bertz CT molecular complexity index is 589. The van der Waals surface area contributed by atoms with Crippen LogP contribution in [0.4, 0.5) is 14.5 Å². The molecule has 0 N–H and O–H groups in total. The summed E-state index contributed by atoms with van der Waals surface area (Å²) in [5.41, 5.74) is 0.580. The monoisotopic (exact) mass is 282 g/mol. The SMILES string of the molecule is Cc1nc(CN(C)c2c(F)cc(C=O)cc2F)cs1. The lowest BCUT2D eigenvalue weighted by atomic mass is 10.2. The summed E-state index contributed by atoms with van der Waals surface area (Å²) in [7, 11) is 1.58. The fourth-order valence-corrected chi connectivity index (χ4v) is 2.42. The van der Waals surface area contributed by atoms with E-state index in [0.29, 0.717) is 12.8 Å². The molecule has 1 aromatic heterocycles. The van der Waals surface area contributed by atoms with E-state index in [2.05, 4.69) is 4.98 Å². The molecule has 0 unspecified atom stereocenters. The van der Waals surface area contributed by atoms with Crippen molar-refractivity contribution in [3.8, 4) is 0 Å². The zero-order valence-corrected chi connectivity index (χ0v) is 11.3. The first kappa shape index (κ1) is 13.6. The third-order valence-electron chi connectivity index (χ3n) is 2.62. The largest absolute Gasteiger partial charge is 0.364 e. The highest BCUT2D eigenvalue weighted by atomic mass is 32.1. The Labute approximate surface area is 113 Å². The van der Waals surface area contributed by atoms with Crippen LogP contribution in [0.15, 0.2) is 17.5 Å². The topological polar surface area (TPSA) is 33.2 Å². The normalized spacial score (nSPS) is 10.5. The second kappa shape index (κ2) is 5.44. The molecule has 0 radical (unpaired) electrons. The van der Waals surface area contributed by atoms with Gasteiger partial charge in [0.25, 0.3) is 0 Å². The lowest BCUT2D eigenvalue weighted by molar-refractivity contribution is 0.112. The van der Waals surface area contributed by atoms with Crippen molar-refractivity contribution >= 4 is 23.3 Å². The Morgan fingerprint density at radius 1 is 1.37 bits per heavy atom. The molecular weight excluding hydrogens is 270 g/mol. The predicted octanol–water partition coefficient (Wildman–Crippen LogP) is 3.18. The zero-order valence-electron chi connectivity index (χ0n) is 10.5. The molecule has 1 aromatic carbocycles. The third-order valence-corrected chi connectivity index (χ3v) is 3.45. The van der Waals surface area contributed by atoms with Crippen molar-refractivity contribution in [2.45, 2.75) is 13.5 Å². The highest BCUT2D eigenvalue weighted by molar-refractivity contribution is 7.09. The molecule has 0 atom stereocenters. The molecule has 0 amide bonds. The molecule has 3 nitrogen and oxygen atoms in total. The van der Waals surface area contributed by atoms with E-state index in [1.807, 2.05) is 12.3 Å². The van der Waals surface area contributed by atoms with Gasteiger partial charge in [-0.15, -0.1) is 11.3 Å². The van der Waals surface area contributed by atoms with E-state index in [-0.39, 0.29) is 11.3 Å². The van der Waals surface area contributed by atoms with Crippen LogP contribution in [0.3, 0.4) is 0 Å². The maximum atomic E-state index is 13.8. The molecule has 6 heteroatoms. The van der Waals surface area contributed by atoms with Crippen LogP contribution in [0.25, 0.3) is 0 Å². The summed E-state index contributed by atoms with van der Waals surface area (Å²) in [6.07, 6.45) is 0.416. The first-order chi connectivity index (χ1) is 9.01. The van der Waals surface area contributed by atoms with E-state index in [4.69, 9.17) is 0 Å². The number of benzene rings is 1. The number of aryl methyl sites for hydroxylation is 1. The highest BCUT2D eigenvalue weighted by Gasteiger charge is 2.16. The minimum Gasteiger partial charge on any atom is -0.364 e. The van der Waals surface area contributed by atoms with Gasteiger partial charge in [-0.25, -0.2) is 13.8 Å². The number of carbonyl (C=O) groups is 1. The van der Waals surface area contributed by atoms with Crippen LogP contribution >= 0.6 is 11.3 Å². The minimum atomic E-state index is -0.753. The van der Waals surface area contributed by atoms with E-state index in [9.17, 15) is 13.6 Å². The Hall–Kier alpha value is -1.82. The smallest absolute Gasteiger partial charge is 0.150 e. The number of thiazole rings is 1. The molecule has 0 aliphatic carbocycles. The lowest BCUT2D eigenvalue weighted by Gasteiger charge is -2.19. The summed E-state index contributed by atoms with van der Waals surface area (Å²) < 4.78 is 27.6. The van der Waals surface area contributed by atoms with Gasteiger partial charge in [-0.1, -0.05) is 0 Å². The van der Waals surface area contributed by atoms with Crippen molar-refractivity contribution in [3.63, 3.8) is 0 Å². The second-order valence-electron chi connectivity index (χ2n) is 4.16. The van der Waals surface area contributed by atoms with E-state index in [0.717, 1.165) is 22.8 Å². The third kappa shape index (κ3) is 2.96.